The summed E-state index contributed by atoms with van der Waals surface area (Å²) >= 11 is 5.98. The van der Waals surface area contributed by atoms with Crippen molar-refractivity contribution < 1.29 is 13.9 Å². The van der Waals surface area contributed by atoms with Gasteiger partial charge in [0.15, 0.2) is 5.76 Å². The van der Waals surface area contributed by atoms with Gasteiger partial charge in [-0.25, -0.2) is 9.97 Å². The third-order valence-electron chi connectivity index (χ3n) is 3.42. The highest BCUT2D eigenvalue weighted by molar-refractivity contribution is 6.31. The van der Waals surface area contributed by atoms with E-state index in [1.165, 1.54) is 0 Å². The van der Waals surface area contributed by atoms with Gasteiger partial charge in [0, 0.05) is 16.9 Å². The summed E-state index contributed by atoms with van der Waals surface area (Å²) in [5, 5.41) is 3.27. The summed E-state index contributed by atoms with van der Waals surface area (Å²) in [4.78, 5) is 20.3. The van der Waals surface area contributed by atoms with Crippen LogP contribution in [0.4, 0.5) is 5.95 Å². The van der Waals surface area contributed by atoms with Crippen molar-refractivity contribution in [2.45, 2.75) is 20.5 Å². The number of hydrogen-bond acceptors (Lipinski definition) is 5. The second-order valence-electron chi connectivity index (χ2n) is 5.44. The van der Waals surface area contributed by atoms with Gasteiger partial charge in [-0.05, 0) is 55.8 Å². The Morgan fingerprint density at radius 1 is 1.24 bits per heavy atom. The van der Waals surface area contributed by atoms with E-state index in [-0.39, 0.29) is 18.3 Å². The van der Waals surface area contributed by atoms with Gasteiger partial charge in [0.2, 0.25) is 5.95 Å². The second-order valence-corrected chi connectivity index (χ2v) is 5.85. The zero-order valence-corrected chi connectivity index (χ0v) is 14.5. The molecule has 2 aromatic heterocycles. The molecule has 0 aliphatic carbocycles. The van der Waals surface area contributed by atoms with E-state index in [0.29, 0.717) is 16.5 Å². The first kappa shape index (κ1) is 17.0. The Kier molecular flexibility index (Phi) is 5.00. The number of nitrogens with one attached hydrogen (secondary N) is 1. The number of carbonyl (C=O) groups excluding carboxylic acids is 1. The van der Waals surface area contributed by atoms with Gasteiger partial charge in [0.25, 0.3) is 5.91 Å². The Morgan fingerprint density at radius 3 is 2.84 bits per heavy atom. The van der Waals surface area contributed by atoms with Gasteiger partial charge in [-0.2, -0.15) is 0 Å². The van der Waals surface area contributed by atoms with Crippen molar-refractivity contribution in [3.05, 3.63) is 70.4 Å². The van der Waals surface area contributed by atoms with E-state index in [1.54, 1.807) is 36.5 Å². The van der Waals surface area contributed by atoms with Crippen molar-refractivity contribution in [1.29, 1.82) is 0 Å². The van der Waals surface area contributed by atoms with E-state index < -0.39 is 5.91 Å². The molecule has 0 fully saturated rings. The number of halogens is 1. The van der Waals surface area contributed by atoms with Gasteiger partial charge in [0.1, 0.15) is 18.1 Å². The maximum absolute atomic E-state index is 12.2. The van der Waals surface area contributed by atoms with Crippen molar-refractivity contribution >= 4 is 23.5 Å². The monoisotopic (exact) mass is 357 g/mol. The van der Waals surface area contributed by atoms with Crippen LogP contribution in [0.2, 0.25) is 5.02 Å². The fourth-order valence-corrected chi connectivity index (χ4v) is 2.23. The first-order valence-corrected chi connectivity index (χ1v) is 7.98. The van der Waals surface area contributed by atoms with Crippen LogP contribution in [0.1, 0.15) is 27.6 Å². The topological polar surface area (TPSA) is 77.2 Å². The van der Waals surface area contributed by atoms with Gasteiger partial charge >= 0.3 is 0 Å². The number of rotatable bonds is 5. The molecule has 0 spiro atoms. The minimum absolute atomic E-state index is 0.163. The van der Waals surface area contributed by atoms with Crippen LogP contribution in [0.3, 0.4) is 0 Å². The highest BCUT2D eigenvalue weighted by Crippen LogP contribution is 2.22. The molecule has 7 heteroatoms. The van der Waals surface area contributed by atoms with E-state index in [9.17, 15) is 4.79 Å². The van der Waals surface area contributed by atoms with Crippen LogP contribution in [-0.4, -0.2) is 15.9 Å². The van der Waals surface area contributed by atoms with Crippen LogP contribution in [0.25, 0.3) is 0 Å². The molecular formula is C18H16ClN3O3. The molecule has 1 aromatic carbocycles. The molecule has 3 aromatic rings. The predicted molar refractivity (Wildman–Crippen MR) is 94.0 cm³/mol. The Morgan fingerprint density at radius 2 is 2.08 bits per heavy atom. The second kappa shape index (κ2) is 7.36. The number of aryl methyl sites for hydroxylation is 2. The Labute approximate surface area is 149 Å². The summed E-state index contributed by atoms with van der Waals surface area (Å²) in [6.07, 6.45) is 1.58. The number of furan rings is 1. The third-order valence-corrected chi connectivity index (χ3v) is 3.84. The van der Waals surface area contributed by atoms with E-state index in [4.69, 9.17) is 20.8 Å². The van der Waals surface area contributed by atoms with Crippen molar-refractivity contribution in [1.82, 2.24) is 9.97 Å². The highest BCUT2D eigenvalue weighted by Gasteiger charge is 2.13. The van der Waals surface area contributed by atoms with Gasteiger partial charge in [-0.3, -0.25) is 10.1 Å². The van der Waals surface area contributed by atoms with Gasteiger partial charge in [-0.15, -0.1) is 0 Å². The smallest absolute Gasteiger partial charge is 0.293 e. The van der Waals surface area contributed by atoms with E-state index >= 15 is 0 Å². The molecule has 0 atom stereocenters. The van der Waals surface area contributed by atoms with Gasteiger partial charge in [-0.1, -0.05) is 11.6 Å². The number of carbonyl (C=O) groups is 1. The largest absolute Gasteiger partial charge is 0.486 e. The lowest BCUT2D eigenvalue weighted by Gasteiger charge is -2.06. The standard InChI is InChI=1S/C18H16ClN3O3/c1-11-9-13(3-5-15(11)19)24-10-14-4-6-16(25-14)17(23)22-18-20-8-7-12(2)21-18/h3-9H,10H2,1-2H3,(H,20,21,22,23). The molecule has 0 aliphatic heterocycles. The molecule has 128 valence electrons. The van der Waals surface area contributed by atoms with Gasteiger partial charge in [0.05, 0.1) is 0 Å². The zero-order chi connectivity index (χ0) is 17.8. The molecule has 6 nitrogen and oxygen atoms in total. The van der Waals surface area contributed by atoms with E-state index in [1.807, 2.05) is 19.9 Å². The molecule has 0 aliphatic rings. The molecule has 0 bridgehead atoms. The maximum Gasteiger partial charge on any atom is 0.293 e. The van der Waals surface area contributed by atoms with Crippen molar-refractivity contribution in [2.24, 2.45) is 0 Å². The molecule has 0 radical (unpaired) electrons. The number of anilines is 1. The molecule has 0 saturated carbocycles. The summed E-state index contributed by atoms with van der Waals surface area (Å²) in [6, 6.07) is 10.4. The maximum atomic E-state index is 12.2. The predicted octanol–water partition coefficient (Wildman–Crippen LogP) is 4.17. The normalized spacial score (nSPS) is 10.5. The quantitative estimate of drug-likeness (QED) is 0.741. The average molecular weight is 358 g/mol. The number of nitrogens with zero attached hydrogens (tertiary/aromatic N) is 2. The number of amides is 1. The summed E-state index contributed by atoms with van der Waals surface area (Å²) < 4.78 is 11.2. The Bertz CT molecular complexity index is 908. The summed E-state index contributed by atoms with van der Waals surface area (Å²) in [6.45, 7) is 3.92. The lowest BCUT2D eigenvalue weighted by atomic mass is 10.2. The van der Waals surface area contributed by atoms with Crippen LogP contribution in [0.15, 0.2) is 47.0 Å². The molecule has 2 heterocycles. The number of benzene rings is 1. The fourth-order valence-electron chi connectivity index (χ4n) is 2.11. The number of hydrogen-bond donors (Lipinski definition) is 1. The zero-order valence-electron chi connectivity index (χ0n) is 13.7. The molecule has 0 unspecified atom stereocenters. The van der Waals surface area contributed by atoms with Crippen LogP contribution >= 0.6 is 11.6 Å². The van der Waals surface area contributed by atoms with Crippen LogP contribution in [0.5, 0.6) is 5.75 Å². The molecule has 25 heavy (non-hydrogen) atoms. The average Bonchev–Trinajstić information content (AvgIpc) is 3.05. The Balaban J connectivity index is 1.61. The fraction of sp³-hybridized carbons (Fsp3) is 0.167. The van der Waals surface area contributed by atoms with Crippen molar-refractivity contribution in [3.63, 3.8) is 0 Å². The molecule has 0 saturated heterocycles. The van der Waals surface area contributed by atoms with E-state index in [2.05, 4.69) is 15.3 Å². The molecule has 1 amide bonds. The molecule has 3 rings (SSSR count). The van der Waals surface area contributed by atoms with Crippen LogP contribution in [0, 0.1) is 13.8 Å². The third kappa shape index (κ3) is 4.36. The summed E-state index contributed by atoms with van der Waals surface area (Å²) in [5.41, 5.74) is 1.69. The number of aromatic nitrogens is 2. The lowest BCUT2D eigenvalue weighted by Crippen LogP contribution is -2.13. The minimum Gasteiger partial charge on any atom is -0.486 e. The molecular weight excluding hydrogens is 342 g/mol. The van der Waals surface area contributed by atoms with E-state index in [0.717, 1.165) is 11.3 Å². The van der Waals surface area contributed by atoms with Crippen LogP contribution < -0.4 is 10.1 Å². The first-order valence-electron chi connectivity index (χ1n) is 7.60. The first-order chi connectivity index (χ1) is 12.0. The van der Waals surface area contributed by atoms with Crippen molar-refractivity contribution in [3.8, 4) is 5.75 Å². The summed E-state index contributed by atoms with van der Waals surface area (Å²) in [7, 11) is 0. The Hall–Kier alpha value is -2.86. The van der Waals surface area contributed by atoms with Crippen LogP contribution in [-0.2, 0) is 6.61 Å². The minimum atomic E-state index is -0.417. The van der Waals surface area contributed by atoms with Crippen molar-refractivity contribution in [2.75, 3.05) is 5.32 Å². The highest BCUT2D eigenvalue weighted by atomic mass is 35.5. The van der Waals surface area contributed by atoms with Gasteiger partial charge < -0.3 is 9.15 Å². The lowest BCUT2D eigenvalue weighted by molar-refractivity contribution is 0.0991. The SMILES string of the molecule is Cc1ccnc(NC(=O)c2ccc(COc3ccc(Cl)c(C)c3)o2)n1. The summed E-state index contributed by atoms with van der Waals surface area (Å²) in [5.74, 6) is 1.19. The number of ether oxygens (including phenoxy) is 1. The molecule has 1 N–H and O–H groups in total.